The smallest absolute Gasteiger partial charge is 0.496 e. The number of alkyl halides is 4. The Balaban J connectivity index is 3.22. The van der Waals surface area contributed by atoms with Crippen LogP contribution in [0.1, 0.15) is 11.1 Å². The second kappa shape index (κ2) is 6.40. The van der Waals surface area contributed by atoms with Gasteiger partial charge in [0.15, 0.2) is 0 Å². The number of hydrogen-bond acceptors (Lipinski definition) is 5. The lowest BCUT2D eigenvalue weighted by atomic mass is 10.1. The number of pyridine rings is 1. The van der Waals surface area contributed by atoms with E-state index in [9.17, 15) is 22.4 Å². The Morgan fingerprint density at radius 3 is 2.45 bits per heavy atom. The molecule has 1 rings (SSSR count). The molecule has 112 valence electrons. The second-order valence-electron chi connectivity index (χ2n) is 3.53. The van der Waals surface area contributed by atoms with Gasteiger partial charge in [0, 0.05) is 11.8 Å². The number of carbonyl (C=O) groups is 1. The van der Waals surface area contributed by atoms with Gasteiger partial charge in [-0.15, -0.1) is 13.2 Å². The summed E-state index contributed by atoms with van der Waals surface area (Å²) < 4.78 is 62.3. The number of carbonyl (C=O) groups excluding carboxylic acids is 1. The third-order valence-corrected chi connectivity index (χ3v) is 2.27. The van der Waals surface area contributed by atoms with Gasteiger partial charge < -0.3 is 14.2 Å². The van der Waals surface area contributed by atoms with Crippen molar-refractivity contribution in [3.05, 3.63) is 17.3 Å². The molecule has 1 aromatic heterocycles. The van der Waals surface area contributed by atoms with Gasteiger partial charge in [-0.3, -0.25) is 4.79 Å². The van der Waals surface area contributed by atoms with Crippen LogP contribution in [0.4, 0.5) is 17.6 Å². The summed E-state index contributed by atoms with van der Waals surface area (Å²) in [5.41, 5.74) is -0.423. The number of halogens is 4. The molecule has 0 fully saturated rings. The molecule has 0 aliphatic heterocycles. The highest BCUT2D eigenvalue weighted by atomic mass is 19.4. The van der Waals surface area contributed by atoms with Crippen LogP contribution in [-0.2, 0) is 22.6 Å². The third-order valence-electron chi connectivity index (χ3n) is 2.27. The van der Waals surface area contributed by atoms with Gasteiger partial charge in [-0.25, -0.2) is 9.37 Å². The number of nitrogens with zero attached hydrogens (tertiary/aromatic N) is 1. The molecule has 0 saturated heterocycles. The lowest BCUT2D eigenvalue weighted by Gasteiger charge is -2.15. The Labute approximate surface area is 111 Å². The first-order valence-electron chi connectivity index (χ1n) is 5.25. The monoisotopic (exact) mass is 297 g/mol. The van der Waals surface area contributed by atoms with Gasteiger partial charge >= 0.3 is 12.3 Å². The van der Waals surface area contributed by atoms with Gasteiger partial charge in [-0.2, -0.15) is 0 Å². The molecular formula is C11H11F4NO4. The molecule has 1 heterocycles. The summed E-state index contributed by atoms with van der Waals surface area (Å²) in [5.74, 6) is -1.85. The standard InChI is InChI=1S/C11H11F4NO4/c1-18-8(17)3-6-5-16-10(20-11(13,14)15)7(4-12)9(6)19-2/h5H,3-4H2,1-2H3. The van der Waals surface area contributed by atoms with E-state index in [1.54, 1.807) is 0 Å². The van der Waals surface area contributed by atoms with Crippen molar-refractivity contribution in [1.82, 2.24) is 4.98 Å². The molecule has 0 N–H and O–H groups in total. The van der Waals surface area contributed by atoms with Crippen LogP contribution in [0.15, 0.2) is 6.20 Å². The maximum Gasteiger partial charge on any atom is 0.574 e. The van der Waals surface area contributed by atoms with Crippen LogP contribution in [0.2, 0.25) is 0 Å². The number of ether oxygens (including phenoxy) is 3. The van der Waals surface area contributed by atoms with E-state index in [2.05, 4.69) is 14.5 Å². The SMILES string of the molecule is COC(=O)Cc1cnc(OC(F)(F)F)c(CF)c1OC. The first-order chi connectivity index (χ1) is 9.32. The highest BCUT2D eigenvalue weighted by Crippen LogP contribution is 2.34. The number of hydrogen-bond donors (Lipinski definition) is 0. The van der Waals surface area contributed by atoms with E-state index in [0.29, 0.717) is 0 Å². The average molecular weight is 297 g/mol. The molecule has 9 heteroatoms. The largest absolute Gasteiger partial charge is 0.574 e. The first kappa shape index (κ1) is 16.0. The van der Waals surface area contributed by atoms with Crippen molar-refractivity contribution in [3.8, 4) is 11.6 Å². The molecule has 5 nitrogen and oxygen atoms in total. The molecule has 0 amide bonds. The molecule has 0 aliphatic rings. The van der Waals surface area contributed by atoms with Gasteiger partial charge in [0.1, 0.15) is 12.4 Å². The Morgan fingerprint density at radius 2 is 2.00 bits per heavy atom. The predicted octanol–water partition coefficient (Wildman–Crippen LogP) is 2.17. The minimum atomic E-state index is -5.01. The van der Waals surface area contributed by atoms with Crippen LogP contribution in [0.3, 0.4) is 0 Å². The molecule has 0 aliphatic carbocycles. The van der Waals surface area contributed by atoms with Crippen LogP contribution in [0, 0.1) is 0 Å². The van der Waals surface area contributed by atoms with Gasteiger partial charge in [0.2, 0.25) is 5.88 Å². The van der Waals surface area contributed by atoms with Crippen molar-refractivity contribution in [2.75, 3.05) is 14.2 Å². The molecule has 20 heavy (non-hydrogen) atoms. The van der Waals surface area contributed by atoms with Gasteiger partial charge in [0.05, 0.1) is 26.2 Å². The van der Waals surface area contributed by atoms with E-state index < -0.39 is 30.4 Å². The number of aromatic nitrogens is 1. The molecule has 0 saturated carbocycles. The fraction of sp³-hybridized carbons (Fsp3) is 0.455. The summed E-state index contributed by atoms with van der Waals surface area (Å²) in [6.45, 7) is -1.30. The van der Waals surface area contributed by atoms with E-state index in [1.807, 2.05) is 0 Å². The number of methoxy groups -OCH3 is 2. The van der Waals surface area contributed by atoms with Crippen LogP contribution in [-0.4, -0.2) is 31.5 Å². The fourth-order valence-electron chi connectivity index (χ4n) is 1.49. The maximum absolute atomic E-state index is 12.9. The highest BCUT2D eigenvalue weighted by molar-refractivity contribution is 5.73. The number of esters is 1. The van der Waals surface area contributed by atoms with E-state index >= 15 is 0 Å². The van der Waals surface area contributed by atoms with E-state index in [4.69, 9.17) is 4.74 Å². The van der Waals surface area contributed by atoms with Gasteiger partial charge in [-0.1, -0.05) is 0 Å². The van der Waals surface area contributed by atoms with Crippen LogP contribution in [0.25, 0.3) is 0 Å². The average Bonchev–Trinajstić information content (AvgIpc) is 2.37. The molecule has 0 spiro atoms. The molecule has 1 aromatic rings. The summed E-state index contributed by atoms with van der Waals surface area (Å²) >= 11 is 0. The normalized spacial score (nSPS) is 11.1. The molecule has 0 bridgehead atoms. The van der Waals surface area contributed by atoms with Crippen molar-refractivity contribution in [3.63, 3.8) is 0 Å². The maximum atomic E-state index is 12.9. The quantitative estimate of drug-likeness (QED) is 0.616. The third kappa shape index (κ3) is 3.97. The summed E-state index contributed by atoms with van der Waals surface area (Å²) in [7, 11) is 2.27. The fourth-order valence-corrected chi connectivity index (χ4v) is 1.49. The van der Waals surface area contributed by atoms with Crippen LogP contribution < -0.4 is 9.47 Å². The van der Waals surface area contributed by atoms with Crippen molar-refractivity contribution < 1.29 is 36.6 Å². The molecule has 0 unspecified atom stereocenters. The summed E-state index contributed by atoms with van der Waals surface area (Å²) in [5, 5.41) is 0. The van der Waals surface area contributed by atoms with E-state index in [0.717, 1.165) is 20.4 Å². The topological polar surface area (TPSA) is 57.7 Å². The zero-order valence-corrected chi connectivity index (χ0v) is 10.6. The van der Waals surface area contributed by atoms with Gasteiger partial charge in [0.25, 0.3) is 0 Å². The molecule has 0 aromatic carbocycles. The molecule has 0 atom stereocenters. The highest BCUT2D eigenvalue weighted by Gasteiger charge is 2.34. The molecular weight excluding hydrogens is 286 g/mol. The van der Waals surface area contributed by atoms with E-state index in [1.165, 1.54) is 0 Å². The second-order valence-corrected chi connectivity index (χ2v) is 3.53. The Hall–Kier alpha value is -2.06. The van der Waals surface area contributed by atoms with Crippen molar-refractivity contribution in [2.45, 2.75) is 19.5 Å². The lowest BCUT2D eigenvalue weighted by Crippen LogP contribution is -2.19. The van der Waals surface area contributed by atoms with Crippen LogP contribution in [0.5, 0.6) is 11.6 Å². The number of rotatable bonds is 5. The summed E-state index contributed by atoms with van der Waals surface area (Å²) in [6.07, 6.45) is -4.38. The lowest BCUT2D eigenvalue weighted by molar-refractivity contribution is -0.276. The van der Waals surface area contributed by atoms with Crippen molar-refractivity contribution >= 4 is 5.97 Å². The summed E-state index contributed by atoms with van der Waals surface area (Å²) in [4.78, 5) is 14.5. The zero-order chi connectivity index (χ0) is 15.3. The Bertz CT molecular complexity index is 490. The zero-order valence-electron chi connectivity index (χ0n) is 10.6. The first-order valence-corrected chi connectivity index (χ1v) is 5.25. The predicted molar refractivity (Wildman–Crippen MR) is 58.0 cm³/mol. The van der Waals surface area contributed by atoms with Gasteiger partial charge in [-0.05, 0) is 0 Å². The van der Waals surface area contributed by atoms with Crippen molar-refractivity contribution in [1.29, 1.82) is 0 Å². The summed E-state index contributed by atoms with van der Waals surface area (Å²) in [6, 6.07) is 0. The minimum Gasteiger partial charge on any atom is -0.496 e. The molecule has 0 radical (unpaired) electrons. The Kier molecular flexibility index (Phi) is 5.12. The van der Waals surface area contributed by atoms with E-state index in [-0.39, 0.29) is 17.7 Å². The Morgan fingerprint density at radius 1 is 1.35 bits per heavy atom. The van der Waals surface area contributed by atoms with Crippen molar-refractivity contribution in [2.24, 2.45) is 0 Å². The minimum absolute atomic E-state index is 0.0986. The van der Waals surface area contributed by atoms with Crippen LogP contribution >= 0.6 is 0 Å².